The molecule has 0 saturated heterocycles. The fraction of sp³-hybridized carbons (Fsp3) is 0.286. The van der Waals surface area contributed by atoms with Crippen LogP contribution in [0.5, 0.6) is 0 Å². The number of fused-ring (bicyclic) bond motifs is 2. The Hall–Kier alpha value is -3.75. The van der Waals surface area contributed by atoms with Crippen molar-refractivity contribution in [1.29, 1.82) is 0 Å². The molecule has 1 aliphatic carbocycles. The zero-order chi connectivity index (χ0) is 26.2. The summed E-state index contributed by atoms with van der Waals surface area (Å²) in [5.74, 6) is -2.17. The van der Waals surface area contributed by atoms with Crippen LogP contribution < -0.4 is 11.1 Å². The number of rotatable bonds is 4. The quantitative estimate of drug-likeness (QED) is 0.365. The number of halogens is 6. The zero-order valence-corrected chi connectivity index (χ0v) is 18.9. The second kappa shape index (κ2) is 7.88. The summed E-state index contributed by atoms with van der Waals surface area (Å²) < 4.78 is 81.1. The number of carbonyl (C=O) groups excluding carboxylic acids is 2. The molecule has 36 heavy (non-hydrogen) atoms. The first-order valence-corrected chi connectivity index (χ1v) is 11.2. The van der Waals surface area contributed by atoms with Crippen molar-refractivity contribution in [2.24, 2.45) is 5.73 Å². The van der Waals surface area contributed by atoms with Gasteiger partial charge in [0.15, 0.2) is 5.65 Å². The molecule has 4 heterocycles. The molecule has 0 aromatic carbocycles. The standard InChI is InChI=1S/C21H14F6N6O2S/c1-7-4-11(20(22,23)24)31-19-13(7)14(15(36-19)16(28)34)32-18(35)9-6-29-33-12(21(25,26)27)5-10(8-2-3-8)30-17(9)33/h4-6,8H,2-3H2,1H3,(H2,28,34)(H,32,35). The number of carbonyl (C=O) groups is 2. The third kappa shape index (κ3) is 4.02. The Kier molecular flexibility index (Phi) is 5.24. The Labute approximate surface area is 201 Å². The smallest absolute Gasteiger partial charge is 0.365 e. The van der Waals surface area contributed by atoms with Gasteiger partial charge in [0.1, 0.15) is 26.7 Å². The van der Waals surface area contributed by atoms with E-state index in [-0.39, 0.29) is 49.2 Å². The highest BCUT2D eigenvalue weighted by Gasteiger charge is 2.38. The summed E-state index contributed by atoms with van der Waals surface area (Å²) in [6.45, 7) is 1.33. The number of nitrogens with two attached hydrogens (primary N) is 1. The monoisotopic (exact) mass is 528 g/mol. The van der Waals surface area contributed by atoms with Gasteiger partial charge in [0.25, 0.3) is 11.8 Å². The number of nitrogens with one attached hydrogen (secondary N) is 1. The number of thiophene rings is 1. The topological polar surface area (TPSA) is 115 Å². The van der Waals surface area contributed by atoms with E-state index in [2.05, 4.69) is 20.4 Å². The van der Waals surface area contributed by atoms with Gasteiger partial charge >= 0.3 is 12.4 Å². The summed E-state index contributed by atoms with van der Waals surface area (Å²) in [5, 5.41) is 6.14. The molecule has 4 aromatic heterocycles. The van der Waals surface area contributed by atoms with Crippen LogP contribution in [-0.4, -0.2) is 31.4 Å². The fourth-order valence-electron chi connectivity index (χ4n) is 3.83. The van der Waals surface area contributed by atoms with Gasteiger partial charge in [0, 0.05) is 17.0 Å². The van der Waals surface area contributed by atoms with Gasteiger partial charge in [0.05, 0.1) is 11.9 Å². The van der Waals surface area contributed by atoms with E-state index in [1.54, 1.807) is 0 Å². The van der Waals surface area contributed by atoms with Crippen LogP contribution in [0.15, 0.2) is 18.3 Å². The number of pyridine rings is 1. The molecule has 2 amide bonds. The van der Waals surface area contributed by atoms with Crippen molar-refractivity contribution in [2.75, 3.05) is 5.32 Å². The van der Waals surface area contributed by atoms with Crippen LogP contribution in [0.4, 0.5) is 32.0 Å². The van der Waals surface area contributed by atoms with Gasteiger partial charge in [-0.15, -0.1) is 11.3 Å². The molecule has 15 heteroatoms. The van der Waals surface area contributed by atoms with Crippen LogP contribution in [0.1, 0.15) is 61.4 Å². The number of hydrogen-bond donors (Lipinski definition) is 2. The lowest BCUT2D eigenvalue weighted by Crippen LogP contribution is -2.18. The predicted molar refractivity (Wildman–Crippen MR) is 116 cm³/mol. The van der Waals surface area contributed by atoms with E-state index in [0.29, 0.717) is 28.7 Å². The molecule has 0 atom stereocenters. The maximum Gasteiger partial charge on any atom is 0.433 e. The Morgan fingerprint density at radius 3 is 2.39 bits per heavy atom. The summed E-state index contributed by atoms with van der Waals surface area (Å²) in [6, 6.07) is 1.65. The minimum absolute atomic E-state index is 0.0502. The van der Waals surface area contributed by atoms with Gasteiger partial charge < -0.3 is 11.1 Å². The Bertz CT molecular complexity index is 1570. The number of alkyl halides is 6. The average molecular weight is 528 g/mol. The molecule has 0 bridgehead atoms. The molecule has 3 N–H and O–H groups in total. The lowest BCUT2D eigenvalue weighted by molar-refractivity contribution is -0.143. The molecule has 0 unspecified atom stereocenters. The van der Waals surface area contributed by atoms with E-state index >= 15 is 0 Å². The Morgan fingerprint density at radius 1 is 1.11 bits per heavy atom. The van der Waals surface area contributed by atoms with E-state index in [1.807, 2.05) is 0 Å². The largest absolute Gasteiger partial charge is 0.433 e. The molecule has 8 nitrogen and oxygen atoms in total. The summed E-state index contributed by atoms with van der Waals surface area (Å²) in [4.78, 5) is 32.5. The van der Waals surface area contributed by atoms with Crippen LogP contribution >= 0.6 is 11.3 Å². The zero-order valence-electron chi connectivity index (χ0n) is 18.1. The Balaban J connectivity index is 1.63. The SMILES string of the molecule is Cc1cc(C(F)(F)F)nc2sc(C(N)=O)c(NC(=O)c3cnn4c(C(F)(F)F)cc(C5CC5)nc34)c12. The first-order chi connectivity index (χ1) is 16.8. The number of primary amides is 1. The van der Waals surface area contributed by atoms with E-state index in [9.17, 15) is 35.9 Å². The molecular weight excluding hydrogens is 514 g/mol. The third-order valence-electron chi connectivity index (χ3n) is 5.63. The van der Waals surface area contributed by atoms with E-state index in [0.717, 1.165) is 18.3 Å². The third-order valence-corrected chi connectivity index (χ3v) is 6.73. The Morgan fingerprint density at radius 2 is 1.81 bits per heavy atom. The highest BCUT2D eigenvalue weighted by atomic mass is 32.1. The number of hydrogen-bond acceptors (Lipinski definition) is 6. The number of aryl methyl sites for hydroxylation is 1. The molecule has 0 aliphatic heterocycles. The first kappa shape index (κ1) is 24.0. The van der Waals surface area contributed by atoms with Crippen molar-refractivity contribution in [3.05, 3.63) is 51.4 Å². The van der Waals surface area contributed by atoms with E-state index < -0.39 is 35.6 Å². The van der Waals surface area contributed by atoms with E-state index in [1.165, 1.54) is 6.92 Å². The first-order valence-electron chi connectivity index (χ1n) is 10.3. The second-order valence-corrected chi connectivity index (χ2v) is 9.26. The van der Waals surface area contributed by atoms with Crippen LogP contribution in [0.3, 0.4) is 0 Å². The van der Waals surface area contributed by atoms with Gasteiger partial charge in [-0.1, -0.05) is 0 Å². The van der Waals surface area contributed by atoms with Gasteiger partial charge in [0.2, 0.25) is 0 Å². The van der Waals surface area contributed by atoms with Gasteiger partial charge in [-0.3, -0.25) is 9.59 Å². The number of amides is 2. The van der Waals surface area contributed by atoms with Gasteiger partial charge in [-0.2, -0.15) is 31.4 Å². The molecular formula is C21H14F6N6O2S. The maximum atomic E-state index is 13.6. The normalized spacial score (nSPS) is 14.5. The van der Waals surface area contributed by atoms with Crippen LogP contribution in [-0.2, 0) is 12.4 Å². The molecule has 4 aromatic rings. The van der Waals surface area contributed by atoms with Crippen molar-refractivity contribution < 1.29 is 35.9 Å². The van der Waals surface area contributed by atoms with E-state index in [4.69, 9.17) is 5.73 Å². The summed E-state index contributed by atoms with van der Waals surface area (Å²) in [5.41, 5.74) is 2.44. The lowest BCUT2D eigenvalue weighted by Gasteiger charge is -2.11. The van der Waals surface area contributed by atoms with Gasteiger partial charge in [-0.25, -0.2) is 14.5 Å². The maximum absolute atomic E-state index is 13.6. The summed E-state index contributed by atoms with van der Waals surface area (Å²) >= 11 is 0.554. The number of nitrogens with zero attached hydrogens (tertiary/aromatic N) is 4. The lowest BCUT2D eigenvalue weighted by atomic mass is 10.1. The minimum Gasteiger partial charge on any atom is -0.365 e. The molecule has 0 radical (unpaired) electrons. The van der Waals surface area contributed by atoms with Crippen molar-refractivity contribution in [3.8, 4) is 0 Å². The van der Waals surface area contributed by atoms with Gasteiger partial charge in [-0.05, 0) is 37.5 Å². The van der Waals surface area contributed by atoms with Crippen LogP contribution in [0.25, 0.3) is 15.9 Å². The predicted octanol–water partition coefficient (Wildman–Crippen LogP) is 4.91. The second-order valence-electron chi connectivity index (χ2n) is 8.26. The number of aromatic nitrogens is 4. The minimum atomic E-state index is -4.77. The van der Waals surface area contributed by atoms with Crippen LogP contribution in [0.2, 0.25) is 0 Å². The van der Waals surface area contributed by atoms with Crippen molar-refractivity contribution in [2.45, 2.75) is 38.0 Å². The molecule has 188 valence electrons. The van der Waals surface area contributed by atoms with Crippen molar-refractivity contribution in [3.63, 3.8) is 0 Å². The highest BCUT2D eigenvalue weighted by molar-refractivity contribution is 7.21. The van der Waals surface area contributed by atoms with Crippen LogP contribution in [0, 0.1) is 6.92 Å². The highest BCUT2D eigenvalue weighted by Crippen LogP contribution is 2.42. The number of anilines is 1. The summed E-state index contributed by atoms with van der Waals surface area (Å²) in [7, 11) is 0. The molecule has 1 saturated carbocycles. The molecule has 5 rings (SSSR count). The summed E-state index contributed by atoms with van der Waals surface area (Å²) in [6.07, 6.45) is -7.31. The van der Waals surface area contributed by atoms with Crippen molar-refractivity contribution in [1.82, 2.24) is 19.6 Å². The fourth-order valence-corrected chi connectivity index (χ4v) is 4.89. The molecule has 0 spiro atoms. The molecule has 1 fully saturated rings. The molecule has 1 aliphatic rings. The van der Waals surface area contributed by atoms with Crippen molar-refractivity contribution >= 4 is 44.7 Å². The average Bonchev–Trinajstić information content (AvgIpc) is 3.42.